The van der Waals surface area contributed by atoms with Crippen LogP contribution in [0.5, 0.6) is 0 Å². The van der Waals surface area contributed by atoms with Gasteiger partial charge in [0.25, 0.3) is 0 Å². The van der Waals surface area contributed by atoms with Gasteiger partial charge in [-0.05, 0) is 35.9 Å². The van der Waals surface area contributed by atoms with Gasteiger partial charge in [-0.1, -0.05) is 29.8 Å². The number of sulfonamides is 1. The third kappa shape index (κ3) is 5.83. The summed E-state index contributed by atoms with van der Waals surface area (Å²) in [7, 11) is -3.72. The monoisotopic (exact) mass is 384 g/mol. The molecule has 128 valence electrons. The Bertz CT molecular complexity index is 808. The van der Waals surface area contributed by atoms with Crippen molar-refractivity contribution in [3.63, 3.8) is 0 Å². The highest BCUT2D eigenvalue weighted by Gasteiger charge is 2.08. The lowest BCUT2D eigenvalue weighted by Gasteiger charge is -2.07. The molecule has 8 heteroatoms. The first-order chi connectivity index (χ1) is 11.4. The molecule has 0 aliphatic carbocycles. The van der Waals surface area contributed by atoms with Gasteiger partial charge in [0.05, 0.1) is 4.90 Å². The van der Waals surface area contributed by atoms with Crippen LogP contribution in [-0.2, 0) is 20.6 Å². The van der Waals surface area contributed by atoms with Crippen LogP contribution in [0.1, 0.15) is 12.0 Å². The zero-order valence-electron chi connectivity index (χ0n) is 12.7. The number of rotatable bonds is 7. The summed E-state index contributed by atoms with van der Waals surface area (Å²) in [5.41, 5.74) is 1.58. The SMILES string of the molecule is NS(=O)(=O)c1ccc(NC(=O)CCSCc2ccccc2Cl)cc1. The number of primary sulfonamides is 1. The summed E-state index contributed by atoms with van der Waals surface area (Å²) in [5.74, 6) is 1.27. The van der Waals surface area contributed by atoms with Crippen molar-refractivity contribution >= 4 is 45.0 Å². The normalized spacial score (nSPS) is 11.2. The van der Waals surface area contributed by atoms with Gasteiger partial charge in [-0.15, -0.1) is 0 Å². The van der Waals surface area contributed by atoms with E-state index in [4.69, 9.17) is 16.7 Å². The van der Waals surface area contributed by atoms with Gasteiger partial charge in [0.15, 0.2) is 0 Å². The quantitative estimate of drug-likeness (QED) is 0.717. The van der Waals surface area contributed by atoms with Crippen LogP contribution in [0, 0.1) is 0 Å². The molecule has 0 heterocycles. The molecular formula is C16H17ClN2O3S2. The molecule has 24 heavy (non-hydrogen) atoms. The van der Waals surface area contributed by atoms with Crippen LogP contribution >= 0.6 is 23.4 Å². The van der Waals surface area contributed by atoms with Crippen LogP contribution in [-0.4, -0.2) is 20.1 Å². The Labute approximate surface area is 150 Å². The number of nitrogens with one attached hydrogen (secondary N) is 1. The van der Waals surface area contributed by atoms with Crippen LogP contribution in [0.3, 0.4) is 0 Å². The van der Waals surface area contributed by atoms with Crippen molar-refractivity contribution in [2.24, 2.45) is 5.14 Å². The minimum absolute atomic E-state index is 0.00999. The largest absolute Gasteiger partial charge is 0.326 e. The Morgan fingerprint density at radius 1 is 1.12 bits per heavy atom. The summed E-state index contributed by atoms with van der Waals surface area (Å²) in [6.07, 6.45) is 0.353. The smallest absolute Gasteiger partial charge is 0.238 e. The Hall–Kier alpha value is -1.54. The minimum Gasteiger partial charge on any atom is -0.326 e. The van der Waals surface area contributed by atoms with Crippen LogP contribution in [0.15, 0.2) is 53.4 Å². The molecule has 0 bridgehead atoms. The molecule has 2 aromatic carbocycles. The van der Waals surface area contributed by atoms with Crippen molar-refractivity contribution in [3.8, 4) is 0 Å². The highest BCUT2D eigenvalue weighted by Crippen LogP contribution is 2.21. The maximum Gasteiger partial charge on any atom is 0.238 e. The fourth-order valence-corrected chi connectivity index (χ4v) is 3.66. The van der Waals surface area contributed by atoms with E-state index < -0.39 is 10.0 Å². The van der Waals surface area contributed by atoms with E-state index in [1.807, 2.05) is 24.3 Å². The van der Waals surface area contributed by atoms with Crippen molar-refractivity contribution in [3.05, 3.63) is 59.1 Å². The third-order valence-corrected chi connectivity index (χ3v) is 5.46. The summed E-state index contributed by atoms with van der Waals surface area (Å²) in [5, 5.41) is 8.46. The summed E-state index contributed by atoms with van der Waals surface area (Å²) in [4.78, 5) is 11.9. The maximum atomic E-state index is 11.9. The average molecular weight is 385 g/mol. The highest BCUT2D eigenvalue weighted by molar-refractivity contribution is 7.98. The topological polar surface area (TPSA) is 89.3 Å². The Kier molecular flexibility index (Phi) is 6.68. The molecule has 0 saturated heterocycles. The second-order valence-electron chi connectivity index (χ2n) is 5.01. The summed E-state index contributed by atoms with van der Waals surface area (Å²) >= 11 is 7.70. The number of hydrogen-bond acceptors (Lipinski definition) is 4. The fraction of sp³-hybridized carbons (Fsp3) is 0.188. The van der Waals surface area contributed by atoms with Gasteiger partial charge in [0.1, 0.15) is 0 Å². The fourth-order valence-electron chi connectivity index (χ4n) is 1.91. The molecule has 0 aliphatic heterocycles. The standard InChI is InChI=1S/C16H17ClN2O3S2/c17-15-4-2-1-3-12(15)11-23-10-9-16(20)19-13-5-7-14(8-6-13)24(18,21)22/h1-8H,9-11H2,(H,19,20)(H2,18,21,22). The third-order valence-electron chi connectivity index (χ3n) is 3.16. The second kappa shape index (κ2) is 8.53. The molecule has 0 radical (unpaired) electrons. The molecule has 5 nitrogen and oxygen atoms in total. The summed E-state index contributed by atoms with van der Waals surface area (Å²) in [6, 6.07) is 13.3. The van der Waals surface area contributed by atoms with Gasteiger partial charge < -0.3 is 5.32 Å². The van der Waals surface area contributed by atoms with E-state index in [9.17, 15) is 13.2 Å². The van der Waals surface area contributed by atoms with E-state index in [1.165, 1.54) is 24.3 Å². The van der Waals surface area contributed by atoms with E-state index in [2.05, 4.69) is 5.32 Å². The lowest BCUT2D eigenvalue weighted by molar-refractivity contribution is -0.115. The summed E-state index contributed by atoms with van der Waals surface area (Å²) in [6.45, 7) is 0. The number of nitrogens with two attached hydrogens (primary N) is 1. The molecule has 1 amide bonds. The van der Waals surface area contributed by atoms with Crippen LogP contribution in [0.4, 0.5) is 5.69 Å². The zero-order chi connectivity index (χ0) is 17.6. The molecule has 2 aromatic rings. The van der Waals surface area contributed by atoms with E-state index in [0.717, 1.165) is 16.3 Å². The van der Waals surface area contributed by atoms with E-state index >= 15 is 0 Å². The Balaban J connectivity index is 1.76. The van der Waals surface area contributed by atoms with Gasteiger partial charge >= 0.3 is 0 Å². The minimum atomic E-state index is -3.72. The van der Waals surface area contributed by atoms with E-state index in [1.54, 1.807) is 11.8 Å². The first kappa shape index (κ1) is 18.8. The first-order valence-electron chi connectivity index (χ1n) is 7.10. The molecule has 0 atom stereocenters. The molecule has 3 N–H and O–H groups in total. The summed E-state index contributed by atoms with van der Waals surface area (Å²) < 4.78 is 22.3. The molecule has 0 saturated carbocycles. The zero-order valence-corrected chi connectivity index (χ0v) is 15.1. The number of halogens is 1. The van der Waals surface area contributed by atoms with E-state index in [-0.39, 0.29) is 10.8 Å². The van der Waals surface area contributed by atoms with Gasteiger partial charge in [-0.25, -0.2) is 13.6 Å². The maximum absolute atomic E-state index is 11.9. The number of carbonyl (C=O) groups excluding carboxylic acids is 1. The molecule has 0 aliphatic rings. The molecule has 0 spiro atoms. The predicted octanol–water partition coefficient (Wildman–Crippen LogP) is 3.25. The van der Waals surface area contributed by atoms with Crippen molar-refractivity contribution in [2.75, 3.05) is 11.1 Å². The van der Waals surface area contributed by atoms with Crippen LogP contribution in [0.25, 0.3) is 0 Å². The van der Waals surface area contributed by atoms with Gasteiger partial charge in [0.2, 0.25) is 15.9 Å². The number of thioether (sulfide) groups is 1. The van der Waals surface area contributed by atoms with Gasteiger partial charge in [-0.2, -0.15) is 11.8 Å². The lowest BCUT2D eigenvalue weighted by Crippen LogP contribution is -2.14. The first-order valence-corrected chi connectivity index (χ1v) is 10.2. The highest BCUT2D eigenvalue weighted by atomic mass is 35.5. The van der Waals surface area contributed by atoms with E-state index in [0.29, 0.717) is 17.9 Å². The van der Waals surface area contributed by atoms with Crippen molar-refractivity contribution in [1.82, 2.24) is 0 Å². The molecule has 0 aromatic heterocycles. The number of carbonyl (C=O) groups is 1. The predicted molar refractivity (Wildman–Crippen MR) is 98.7 cm³/mol. The lowest BCUT2D eigenvalue weighted by atomic mass is 10.2. The van der Waals surface area contributed by atoms with Crippen molar-refractivity contribution in [2.45, 2.75) is 17.1 Å². The number of anilines is 1. The molecule has 2 rings (SSSR count). The molecular weight excluding hydrogens is 368 g/mol. The van der Waals surface area contributed by atoms with Crippen molar-refractivity contribution < 1.29 is 13.2 Å². The van der Waals surface area contributed by atoms with Gasteiger partial charge in [0, 0.05) is 28.6 Å². The van der Waals surface area contributed by atoms with Crippen molar-refractivity contribution in [1.29, 1.82) is 0 Å². The number of hydrogen-bond donors (Lipinski definition) is 2. The average Bonchev–Trinajstić information content (AvgIpc) is 2.53. The number of benzene rings is 2. The van der Waals surface area contributed by atoms with Crippen LogP contribution in [0.2, 0.25) is 5.02 Å². The second-order valence-corrected chi connectivity index (χ2v) is 8.09. The Morgan fingerprint density at radius 3 is 2.42 bits per heavy atom. The number of amides is 1. The van der Waals surface area contributed by atoms with Crippen LogP contribution < -0.4 is 10.5 Å². The molecule has 0 unspecified atom stereocenters. The van der Waals surface area contributed by atoms with Gasteiger partial charge in [-0.3, -0.25) is 4.79 Å². The molecule has 0 fully saturated rings. The Morgan fingerprint density at radius 2 is 1.79 bits per heavy atom.